The van der Waals surface area contributed by atoms with E-state index in [9.17, 15) is 5.11 Å². The van der Waals surface area contributed by atoms with Crippen LogP contribution in [0.25, 0.3) is 0 Å². The minimum atomic E-state index is 0.353. The number of benzene rings is 1. The molecule has 4 rings (SSSR count). The highest BCUT2D eigenvalue weighted by Gasteiger charge is 2.54. The number of fused-ring (bicyclic) bond motifs is 5. The van der Waals surface area contributed by atoms with Crippen LogP contribution in [0.15, 0.2) is 29.8 Å². The molecule has 0 spiro atoms. The van der Waals surface area contributed by atoms with Gasteiger partial charge in [0.1, 0.15) is 5.75 Å². The van der Waals surface area contributed by atoms with Crippen molar-refractivity contribution < 1.29 is 9.84 Å². The number of phenols is 1. The summed E-state index contributed by atoms with van der Waals surface area (Å²) in [5.74, 6) is 3.35. The van der Waals surface area contributed by atoms with Gasteiger partial charge in [0.15, 0.2) is 0 Å². The molecule has 3 aliphatic rings. The summed E-state index contributed by atoms with van der Waals surface area (Å²) in [6.45, 7) is 14.3. The molecular formula is C27H41NO2. The highest BCUT2D eigenvalue weighted by atomic mass is 16.5. The fraction of sp³-hybridized carbons (Fsp3) is 0.704. The first-order valence-corrected chi connectivity index (χ1v) is 12.3. The van der Waals surface area contributed by atoms with Crippen molar-refractivity contribution in [1.82, 2.24) is 4.90 Å². The maximum absolute atomic E-state index is 9.95. The Kier molecular flexibility index (Phi) is 6.60. The molecule has 1 aromatic rings. The van der Waals surface area contributed by atoms with Gasteiger partial charge < -0.3 is 14.7 Å². The van der Waals surface area contributed by atoms with Crippen LogP contribution in [0.3, 0.4) is 0 Å². The maximum atomic E-state index is 9.95. The van der Waals surface area contributed by atoms with E-state index in [0.29, 0.717) is 23.0 Å². The Morgan fingerprint density at radius 1 is 1.23 bits per heavy atom. The average Bonchev–Trinajstić information content (AvgIpc) is 3.06. The summed E-state index contributed by atoms with van der Waals surface area (Å²) in [4.78, 5) is 2.42. The lowest BCUT2D eigenvalue weighted by atomic mass is 9.52. The SMILES string of the molecule is CCN(CC)CCOC/C=C1\CCC2C3C(CCC12C)c1ccc(O)cc1C[C@H]3C. The Balaban J connectivity index is 1.44. The number of hydrogen-bond acceptors (Lipinski definition) is 3. The number of ether oxygens (including phenoxy) is 1. The molecule has 1 aromatic carbocycles. The third-order valence-corrected chi connectivity index (χ3v) is 8.80. The van der Waals surface area contributed by atoms with Gasteiger partial charge in [0.05, 0.1) is 13.2 Å². The van der Waals surface area contributed by atoms with Crippen LogP contribution < -0.4 is 0 Å². The summed E-state index contributed by atoms with van der Waals surface area (Å²) < 4.78 is 6.00. The summed E-state index contributed by atoms with van der Waals surface area (Å²) in [6, 6.07) is 6.13. The normalized spacial score (nSPS) is 34.1. The first kappa shape index (κ1) is 21.9. The van der Waals surface area contributed by atoms with Crippen molar-refractivity contribution in [3.8, 4) is 5.75 Å². The van der Waals surface area contributed by atoms with Crippen molar-refractivity contribution in [3.05, 3.63) is 41.0 Å². The van der Waals surface area contributed by atoms with E-state index in [1.165, 1.54) is 36.8 Å². The van der Waals surface area contributed by atoms with E-state index >= 15 is 0 Å². The molecule has 4 unspecified atom stereocenters. The monoisotopic (exact) mass is 411 g/mol. The molecule has 0 amide bonds. The first-order chi connectivity index (χ1) is 14.5. The lowest BCUT2D eigenvalue weighted by Crippen LogP contribution is -2.43. The molecule has 2 saturated carbocycles. The van der Waals surface area contributed by atoms with Crippen molar-refractivity contribution >= 4 is 0 Å². The fourth-order valence-corrected chi connectivity index (χ4v) is 7.13. The van der Waals surface area contributed by atoms with Crippen LogP contribution in [-0.4, -0.2) is 42.9 Å². The first-order valence-electron chi connectivity index (χ1n) is 12.3. The van der Waals surface area contributed by atoms with E-state index in [1.807, 2.05) is 12.1 Å². The molecule has 1 N–H and O–H groups in total. The third-order valence-electron chi connectivity index (χ3n) is 8.80. The summed E-state index contributed by atoms with van der Waals surface area (Å²) in [5.41, 5.74) is 4.93. The Morgan fingerprint density at radius 3 is 2.80 bits per heavy atom. The van der Waals surface area contributed by atoms with Crippen LogP contribution in [-0.2, 0) is 11.2 Å². The predicted molar refractivity (Wildman–Crippen MR) is 124 cm³/mol. The van der Waals surface area contributed by atoms with Gasteiger partial charge in [-0.3, -0.25) is 0 Å². The number of hydrogen-bond donors (Lipinski definition) is 1. The predicted octanol–water partition coefficient (Wildman–Crippen LogP) is 5.78. The average molecular weight is 412 g/mol. The molecule has 166 valence electrons. The van der Waals surface area contributed by atoms with Gasteiger partial charge in [0.25, 0.3) is 0 Å². The van der Waals surface area contributed by atoms with Gasteiger partial charge in [0, 0.05) is 6.54 Å². The zero-order valence-corrected chi connectivity index (χ0v) is 19.5. The van der Waals surface area contributed by atoms with Crippen LogP contribution in [0, 0.1) is 23.2 Å². The standard InChI is InChI=1S/C27H41NO2/c1-5-28(6-2)14-16-30-15-12-21-7-10-25-26-19(3)17-20-18-22(29)8-9-23(20)24(26)11-13-27(21,25)4/h8-9,12,18-19,24-26,29H,5-7,10-11,13-17H2,1-4H3/b21-12+/t19-,24?,25?,26?,27?/m1/s1. The minimum Gasteiger partial charge on any atom is -0.508 e. The van der Waals surface area contributed by atoms with Crippen LogP contribution in [0.1, 0.15) is 70.4 Å². The molecule has 3 nitrogen and oxygen atoms in total. The third kappa shape index (κ3) is 3.96. The molecule has 0 aliphatic heterocycles. The van der Waals surface area contributed by atoms with E-state index < -0.39 is 0 Å². The number of nitrogens with zero attached hydrogens (tertiary/aromatic N) is 1. The molecule has 5 atom stereocenters. The van der Waals surface area contributed by atoms with Crippen LogP contribution in [0.4, 0.5) is 0 Å². The minimum absolute atomic E-state index is 0.353. The van der Waals surface area contributed by atoms with E-state index in [4.69, 9.17) is 4.74 Å². The maximum Gasteiger partial charge on any atom is 0.115 e. The second-order valence-corrected chi connectivity index (χ2v) is 10.2. The number of rotatable bonds is 7. The highest BCUT2D eigenvalue weighted by molar-refractivity contribution is 5.41. The van der Waals surface area contributed by atoms with E-state index in [2.05, 4.69) is 44.7 Å². The van der Waals surface area contributed by atoms with E-state index in [-0.39, 0.29) is 0 Å². The number of aromatic hydroxyl groups is 1. The second kappa shape index (κ2) is 9.04. The number of phenolic OH excluding ortho intramolecular Hbond substituents is 1. The summed E-state index contributed by atoms with van der Waals surface area (Å²) >= 11 is 0. The molecule has 30 heavy (non-hydrogen) atoms. The van der Waals surface area contributed by atoms with Crippen molar-refractivity contribution in [3.63, 3.8) is 0 Å². The van der Waals surface area contributed by atoms with Crippen molar-refractivity contribution in [2.75, 3.05) is 32.8 Å². The van der Waals surface area contributed by atoms with Gasteiger partial charge >= 0.3 is 0 Å². The molecule has 2 fully saturated rings. The molecule has 0 heterocycles. The molecule has 0 bridgehead atoms. The zero-order valence-electron chi connectivity index (χ0n) is 19.5. The van der Waals surface area contributed by atoms with E-state index in [1.54, 1.807) is 5.57 Å². The van der Waals surface area contributed by atoms with Gasteiger partial charge in [-0.2, -0.15) is 0 Å². The summed E-state index contributed by atoms with van der Waals surface area (Å²) in [5, 5.41) is 9.95. The van der Waals surface area contributed by atoms with Gasteiger partial charge in [0.2, 0.25) is 0 Å². The lowest BCUT2D eigenvalue weighted by molar-refractivity contribution is 0.0483. The van der Waals surface area contributed by atoms with Gasteiger partial charge in [-0.15, -0.1) is 0 Å². The van der Waals surface area contributed by atoms with Crippen molar-refractivity contribution in [1.29, 1.82) is 0 Å². The van der Waals surface area contributed by atoms with Gasteiger partial charge in [-0.25, -0.2) is 0 Å². The Bertz CT molecular complexity index is 768. The molecule has 0 aromatic heterocycles. The Hall–Kier alpha value is -1.32. The van der Waals surface area contributed by atoms with Gasteiger partial charge in [-0.05, 0) is 97.5 Å². The van der Waals surface area contributed by atoms with Crippen LogP contribution in [0.2, 0.25) is 0 Å². The van der Waals surface area contributed by atoms with E-state index in [0.717, 1.165) is 51.1 Å². The summed E-state index contributed by atoms with van der Waals surface area (Å²) in [6.07, 6.45) is 8.70. The number of likely N-dealkylation sites (N-methyl/N-ethyl adjacent to an activating group) is 1. The van der Waals surface area contributed by atoms with Crippen molar-refractivity contribution in [2.45, 2.75) is 65.7 Å². The molecular weight excluding hydrogens is 370 g/mol. The second-order valence-electron chi connectivity index (χ2n) is 10.2. The fourth-order valence-electron chi connectivity index (χ4n) is 7.13. The molecule has 0 radical (unpaired) electrons. The molecule has 3 aliphatic carbocycles. The Labute approximate surface area is 183 Å². The highest BCUT2D eigenvalue weighted by Crippen LogP contribution is 2.63. The van der Waals surface area contributed by atoms with Crippen LogP contribution >= 0.6 is 0 Å². The topological polar surface area (TPSA) is 32.7 Å². The molecule has 0 saturated heterocycles. The molecule has 3 heteroatoms. The zero-order chi connectivity index (χ0) is 21.3. The number of allylic oxidation sites excluding steroid dienone is 1. The summed E-state index contributed by atoms with van der Waals surface area (Å²) in [7, 11) is 0. The Morgan fingerprint density at radius 2 is 2.03 bits per heavy atom. The van der Waals surface area contributed by atoms with Crippen LogP contribution in [0.5, 0.6) is 5.75 Å². The van der Waals surface area contributed by atoms with Gasteiger partial charge in [-0.1, -0.05) is 45.4 Å². The largest absolute Gasteiger partial charge is 0.508 e. The van der Waals surface area contributed by atoms with Crippen molar-refractivity contribution in [2.24, 2.45) is 23.2 Å². The quantitative estimate of drug-likeness (QED) is 0.456. The lowest BCUT2D eigenvalue weighted by Gasteiger charge is -2.52. The smallest absolute Gasteiger partial charge is 0.115 e.